The maximum absolute atomic E-state index is 12.2. The van der Waals surface area contributed by atoms with Gasteiger partial charge in [-0.3, -0.25) is 0 Å². The number of nitrogen functional groups attached to an aromatic ring is 1. The molecule has 1 heterocycles. The van der Waals surface area contributed by atoms with Crippen LogP contribution in [-0.2, 0) is 4.74 Å². The molecule has 1 unspecified atom stereocenters. The zero-order valence-corrected chi connectivity index (χ0v) is 10.4. The number of anilines is 2. The summed E-state index contributed by atoms with van der Waals surface area (Å²) in [6.45, 7) is 1.36. The summed E-state index contributed by atoms with van der Waals surface area (Å²) in [5.41, 5.74) is 5.68. The number of aromatic nitrogens is 1. The van der Waals surface area contributed by atoms with Crippen molar-refractivity contribution in [3.63, 3.8) is 0 Å². The summed E-state index contributed by atoms with van der Waals surface area (Å²) in [4.78, 5) is 15.2. The standard InChI is InChI=1S/C11H14F3N3O2/c1-6(4-11(12,13)14)17-9-3-7(10(18)19-2)8(15)5-16-9/h3,5-6H,4,15H2,1-2H3,(H,16,17). The number of nitrogens with zero attached hydrogens (tertiary/aromatic N) is 1. The molecular formula is C11H14F3N3O2. The Labute approximate surface area is 108 Å². The molecule has 0 fully saturated rings. The number of rotatable bonds is 4. The largest absolute Gasteiger partial charge is 0.465 e. The fraction of sp³-hybridized carbons (Fsp3) is 0.455. The molecule has 0 amide bonds. The van der Waals surface area contributed by atoms with Gasteiger partial charge in [0.05, 0.1) is 31.0 Å². The van der Waals surface area contributed by atoms with Crippen LogP contribution in [0.2, 0.25) is 0 Å². The molecule has 1 atom stereocenters. The smallest absolute Gasteiger partial charge is 0.391 e. The first kappa shape index (κ1) is 15.1. The Kier molecular flexibility index (Phi) is 4.57. The lowest BCUT2D eigenvalue weighted by Crippen LogP contribution is -2.24. The van der Waals surface area contributed by atoms with Crippen molar-refractivity contribution in [3.8, 4) is 0 Å². The van der Waals surface area contributed by atoms with Crippen LogP contribution in [0.4, 0.5) is 24.7 Å². The van der Waals surface area contributed by atoms with E-state index in [1.807, 2.05) is 0 Å². The number of ether oxygens (including phenoxy) is 1. The van der Waals surface area contributed by atoms with Crippen LogP contribution in [0.25, 0.3) is 0 Å². The van der Waals surface area contributed by atoms with Crippen LogP contribution in [0.3, 0.4) is 0 Å². The van der Waals surface area contributed by atoms with Crippen molar-refractivity contribution in [2.45, 2.75) is 25.6 Å². The van der Waals surface area contributed by atoms with Crippen molar-refractivity contribution in [1.29, 1.82) is 0 Å². The zero-order chi connectivity index (χ0) is 14.6. The number of alkyl halides is 3. The van der Waals surface area contributed by atoms with E-state index in [2.05, 4.69) is 15.0 Å². The van der Waals surface area contributed by atoms with Crippen LogP contribution in [-0.4, -0.2) is 30.3 Å². The third-order valence-corrected chi connectivity index (χ3v) is 2.27. The summed E-state index contributed by atoms with van der Waals surface area (Å²) in [7, 11) is 1.18. The molecule has 3 N–H and O–H groups in total. The summed E-state index contributed by atoms with van der Waals surface area (Å²) in [6, 6.07) is 0.384. The van der Waals surface area contributed by atoms with Gasteiger partial charge in [-0.05, 0) is 13.0 Å². The van der Waals surface area contributed by atoms with E-state index in [9.17, 15) is 18.0 Å². The van der Waals surface area contributed by atoms with Gasteiger partial charge in [0.25, 0.3) is 0 Å². The summed E-state index contributed by atoms with van der Waals surface area (Å²) in [5, 5.41) is 2.55. The molecule has 0 saturated carbocycles. The Hall–Kier alpha value is -1.99. The van der Waals surface area contributed by atoms with Gasteiger partial charge < -0.3 is 15.8 Å². The lowest BCUT2D eigenvalue weighted by atomic mass is 10.2. The number of esters is 1. The van der Waals surface area contributed by atoms with Crippen molar-refractivity contribution in [3.05, 3.63) is 17.8 Å². The Balaban J connectivity index is 2.83. The van der Waals surface area contributed by atoms with Gasteiger partial charge in [0, 0.05) is 6.04 Å². The molecule has 0 aliphatic rings. The van der Waals surface area contributed by atoms with Crippen LogP contribution >= 0.6 is 0 Å². The SMILES string of the molecule is COC(=O)c1cc(NC(C)CC(F)(F)F)ncc1N. The first-order valence-corrected chi connectivity index (χ1v) is 5.40. The van der Waals surface area contributed by atoms with E-state index in [1.165, 1.54) is 26.3 Å². The van der Waals surface area contributed by atoms with Crippen LogP contribution < -0.4 is 11.1 Å². The molecule has 1 aromatic rings. The molecule has 1 aromatic heterocycles. The second-order valence-electron chi connectivity index (χ2n) is 4.01. The Morgan fingerprint density at radius 1 is 1.58 bits per heavy atom. The third kappa shape index (κ3) is 4.65. The topological polar surface area (TPSA) is 77.2 Å². The quantitative estimate of drug-likeness (QED) is 0.825. The van der Waals surface area contributed by atoms with E-state index in [4.69, 9.17) is 5.73 Å². The monoisotopic (exact) mass is 277 g/mol. The predicted octanol–water partition coefficient (Wildman–Crippen LogP) is 2.20. The van der Waals surface area contributed by atoms with Crippen molar-refractivity contribution >= 4 is 17.5 Å². The van der Waals surface area contributed by atoms with Gasteiger partial charge in [-0.15, -0.1) is 0 Å². The van der Waals surface area contributed by atoms with E-state index in [-0.39, 0.29) is 17.1 Å². The molecule has 0 bridgehead atoms. The fourth-order valence-corrected chi connectivity index (χ4v) is 1.48. The highest BCUT2D eigenvalue weighted by molar-refractivity contribution is 5.95. The zero-order valence-electron chi connectivity index (χ0n) is 10.4. The number of nitrogens with two attached hydrogens (primary N) is 1. The maximum atomic E-state index is 12.2. The molecular weight excluding hydrogens is 263 g/mol. The molecule has 106 valence electrons. The summed E-state index contributed by atoms with van der Waals surface area (Å²) < 4.78 is 41.0. The minimum atomic E-state index is -4.27. The molecule has 5 nitrogen and oxygen atoms in total. The van der Waals surface area contributed by atoms with E-state index < -0.39 is 24.6 Å². The molecule has 0 aliphatic carbocycles. The molecule has 0 aromatic carbocycles. The number of hydrogen-bond acceptors (Lipinski definition) is 5. The number of pyridine rings is 1. The van der Waals surface area contributed by atoms with Crippen LogP contribution in [0.15, 0.2) is 12.3 Å². The van der Waals surface area contributed by atoms with Gasteiger partial charge >= 0.3 is 12.1 Å². The molecule has 8 heteroatoms. The number of carbonyl (C=O) groups is 1. The summed E-state index contributed by atoms with van der Waals surface area (Å²) >= 11 is 0. The van der Waals surface area contributed by atoms with Crippen LogP contribution in [0.1, 0.15) is 23.7 Å². The minimum absolute atomic E-state index is 0.0548. The number of halogens is 3. The van der Waals surface area contributed by atoms with Gasteiger partial charge in [-0.25, -0.2) is 9.78 Å². The second kappa shape index (κ2) is 5.77. The van der Waals surface area contributed by atoms with Gasteiger partial charge in [0.1, 0.15) is 5.82 Å². The maximum Gasteiger partial charge on any atom is 0.391 e. The lowest BCUT2D eigenvalue weighted by Gasteiger charge is -2.17. The molecule has 19 heavy (non-hydrogen) atoms. The minimum Gasteiger partial charge on any atom is -0.465 e. The molecule has 0 radical (unpaired) electrons. The molecule has 0 spiro atoms. The van der Waals surface area contributed by atoms with Gasteiger partial charge in [-0.1, -0.05) is 0 Å². The van der Waals surface area contributed by atoms with E-state index in [0.29, 0.717) is 0 Å². The number of nitrogens with one attached hydrogen (secondary N) is 1. The fourth-order valence-electron chi connectivity index (χ4n) is 1.48. The lowest BCUT2D eigenvalue weighted by molar-refractivity contribution is -0.136. The van der Waals surface area contributed by atoms with Crippen LogP contribution in [0.5, 0.6) is 0 Å². The highest BCUT2D eigenvalue weighted by Gasteiger charge is 2.30. The van der Waals surface area contributed by atoms with Gasteiger partial charge in [0.2, 0.25) is 0 Å². The highest BCUT2D eigenvalue weighted by Crippen LogP contribution is 2.23. The molecule has 0 aliphatic heterocycles. The van der Waals surface area contributed by atoms with E-state index >= 15 is 0 Å². The first-order valence-electron chi connectivity index (χ1n) is 5.40. The average molecular weight is 277 g/mol. The summed E-state index contributed by atoms with van der Waals surface area (Å²) in [6.07, 6.45) is -4.09. The first-order chi connectivity index (χ1) is 8.73. The number of methoxy groups -OCH3 is 1. The van der Waals surface area contributed by atoms with Gasteiger partial charge in [0.15, 0.2) is 0 Å². The predicted molar refractivity (Wildman–Crippen MR) is 63.7 cm³/mol. The summed E-state index contributed by atoms with van der Waals surface area (Å²) in [5.74, 6) is -0.544. The molecule has 1 rings (SSSR count). The Morgan fingerprint density at radius 3 is 2.74 bits per heavy atom. The Bertz CT molecular complexity index is 463. The third-order valence-electron chi connectivity index (χ3n) is 2.27. The van der Waals surface area contributed by atoms with Crippen molar-refractivity contribution in [2.24, 2.45) is 0 Å². The van der Waals surface area contributed by atoms with E-state index in [1.54, 1.807) is 0 Å². The van der Waals surface area contributed by atoms with Crippen molar-refractivity contribution in [2.75, 3.05) is 18.2 Å². The Morgan fingerprint density at radius 2 is 2.21 bits per heavy atom. The normalized spacial score (nSPS) is 12.9. The van der Waals surface area contributed by atoms with Crippen LogP contribution in [0, 0.1) is 0 Å². The van der Waals surface area contributed by atoms with Gasteiger partial charge in [-0.2, -0.15) is 13.2 Å². The highest BCUT2D eigenvalue weighted by atomic mass is 19.4. The number of hydrogen-bond donors (Lipinski definition) is 2. The number of carbonyl (C=O) groups excluding carboxylic acids is 1. The molecule has 0 saturated heterocycles. The van der Waals surface area contributed by atoms with Crippen molar-refractivity contribution < 1.29 is 22.7 Å². The van der Waals surface area contributed by atoms with E-state index in [0.717, 1.165) is 0 Å². The average Bonchev–Trinajstić information content (AvgIpc) is 2.28. The second-order valence-corrected chi connectivity index (χ2v) is 4.01. The van der Waals surface area contributed by atoms with Crippen molar-refractivity contribution in [1.82, 2.24) is 4.98 Å².